The summed E-state index contributed by atoms with van der Waals surface area (Å²) < 4.78 is 5.15. The number of benzene rings is 2. The van der Waals surface area contributed by atoms with E-state index in [1.807, 2.05) is 36.4 Å². The molecule has 0 fully saturated rings. The highest BCUT2D eigenvalue weighted by molar-refractivity contribution is 6.35. The predicted octanol–water partition coefficient (Wildman–Crippen LogP) is 4.12. The number of H-pyrrole nitrogens is 1. The van der Waals surface area contributed by atoms with Crippen LogP contribution in [0.1, 0.15) is 5.56 Å². The van der Waals surface area contributed by atoms with Gasteiger partial charge in [-0.3, -0.25) is 4.79 Å². The average Bonchev–Trinajstić information content (AvgIpc) is 2.87. The molecule has 5 heteroatoms. The van der Waals surface area contributed by atoms with Crippen LogP contribution in [0, 0.1) is 0 Å². The number of aromatic amines is 1. The van der Waals surface area contributed by atoms with E-state index in [1.165, 1.54) is 0 Å². The first kappa shape index (κ1) is 14.5. The van der Waals surface area contributed by atoms with E-state index in [1.54, 1.807) is 13.2 Å². The Hall–Kier alpha value is -2.46. The first-order valence-electron chi connectivity index (χ1n) is 6.75. The number of hydrogen-bond acceptors (Lipinski definition) is 2. The van der Waals surface area contributed by atoms with E-state index in [0.717, 1.165) is 33.5 Å². The van der Waals surface area contributed by atoms with E-state index in [4.69, 9.17) is 16.3 Å². The second kappa shape index (κ2) is 5.73. The summed E-state index contributed by atoms with van der Waals surface area (Å²) in [5.41, 5.74) is 3.15. The molecular weight excluding hydrogens is 302 g/mol. The van der Waals surface area contributed by atoms with Gasteiger partial charge in [0.05, 0.1) is 29.8 Å². The van der Waals surface area contributed by atoms with Crippen molar-refractivity contribution in [2.24, 2.45) is 0 Å². The second-order valence-electron chi connectivity index (χ2n) is 4.94. The van der Waals surface area contributed by atoms with Gasteiger partial charge >= 0.3 is 5.97 Å². The van der Waals surface area contributed by atoms with Crippen LogP contribution >= 0.6 is 11.6 Å². The molecule has 0 unspecified atom stereocenters. The maximum absolute atomic E-state index is 11.2. The Morgan fingerprint density at radius 1 is 1.23 bits per heavy atom. The number of methoxy groups -OCH3 is 1. The quantitative estimate of drug-likeness (QED) is 0.761. The maximum atomic E-state index is 11.2. The molecule has 0 aliphatic heterocycles. The highest BCUT2D eigenvalue weighted by Gasteiger charge is 2.17. The third-order valence-corrected chi connectivity index (χ3v) is 3.91. The molecular formula is C17H14ClNO3. The zero-order valence-corrected chi connectivity index (χ0v) is 12.6. The van der Waals surface area contributed by atoms with Crippen molar-refractivity contribution in [1.82, 2.24) is 4.98 Å². The van der Waals surface area contributed by atoms with Gasteiger partial charge in [-0.05, 0) is 41.5 Å². The normalized spacial score (nSPS) is 10.8. The van der Waals surface area contributed by atoms with Crippen molar-refractivity contribution in [1.29, 1.82) is 0 Å². The number of fused-ring (bicyclic) bond motifs is 1. The number of carbonyl (C=O) groups is 1. The van der Waals surface area contributed by atoms with Gasteiger partial charge in [0.2, 0.25) is 0 Å². The van der Waals surface area contributed by atoms with E-state index >= 15 is 0 Å². The van der Waals surface area contributed by atoms with Crippen molar-refractivity contribution >= 4 is 28.5 Å². The minimum Gasteiger partial charge on any atom is -0.497 e. The van der Waals surface area contributed by atoms with Crippen molar-refractivity contribution in [2.45, 2.75) is 6.42 Å². The largest absolute Gasteiger partial charge is 0.497 e. The first-order valence-corrected chi connectivity index (χ1v) is 7.13. The Morgan fingerprint density at radius 2 is 1.95 bits per heavy atom. The highest BCUT2D eigenvalue weighted by Crippen LogP contribution is 2.34. The molecule has 3 rings (SSSR count). The van der Waals surface area contributed by atoms with E-state index in [-0.39, 0.29) is 6.42 Å². The number of para-hydroxylation sites is 1. The van der Waals surface area contributed by atoms with Crippen LogP contribution in [0.3, 0.4) is 0 Å². The lowest BCUT2D eigenvalue weighted by molar-refractivity contribution is -0.136. The number of carboxylic acid groups (broad SMARTS) is 1. The fourth-order valence-corrected chi connectivity index (χ4v) is 2.80. The summed E-state index contributed by atoms with van der Waals surface area (Å²) >= 11 is 6.22. The number of aromatic nitrogens is 1. The molecule has 1 aromatic heterocycles. The molecule has 0 aliphatic carbocycles. The first-order chi connectivity index (χ1) is 10.6. The SMILES string of the molecule is COc1ccc(-c2[nH]c3c(Cl)cccc3c2CC(=O)O)cc1. The molecule has 0 aliphatic rings. The number of hydrogen-bond donors (Lipinski definition) is 2. The minimum atomic E-state index is -0.879. The molecule has 0 bridgehead atoms. The van der Waals surface area contributed by atoms with Gasteiger partial charge in [-0.1, -0.05) is 23.7 Å². The number of aliphatic carboxylic acids is 1. The molecule has 2 N–H and O–H groups in total. The lowest BCUT2D eigenvalue weighted by Crippen LogP contribution is -2.00. The Bertz CT molecular complexity index is 837. The van der Waals surface area contributed by atoms with Gasteiger partial charge in [0.1, 0.15) is 5.75 Å². The molecule has 0 saturated heterocycles. The molecule has 0 saturated carbocycles. The number of rotatable bonds is 4. The Kier molecular flexibility index (Phi) is 3.77. The van der Waals surface area contributed by atoms with Crippen LogP contribution < -0.4 is 4.74 Å². The van der Waals surface area contributed by atoms with Gasteiger partial charge < -0.3 is 14.8 Å². The summed E-state index contributed by atoms with van der Waals surface area (Å²) in [5.74, 6) is -0.131. The molecule has 0 radical (unpaired) electrons. The fourth-order valence-electron chi connectivity index (χ4n) is 2.58. The van der Waals surface area contributed by atoms with Gasteiger partial charge in [-0.2, -0.15) is 0 Å². The summed E-state index contributed by atoms with van der Waals surface area (Å²) in [4.78, 5) is 14.5. The third kappa shape index (κ3) is 2.53. The molecule has 0 amide bonds. The summed E-state index contributed by atoms with van der Waals surface area (Å²) in [6.45, 7) is 0. The van der Waals surface area contributed by atoms with Crippen molar-refractivity contribution in [2.75, 3.05) is 7.11 Å². The molecule has 0 spiro atoms. The van der Waals surface area contributed by atoms with Crippen LogP contribution in [-0.2, 0) is 11.2 Å². The Balaban J connectivity index is 2.22. The number of ether oxygens (including phenoxy) is 1. The number of nitrogens with one attached hydrogen (secondary N) is 1. The number of carboxylic acids is 1. The average molecular weight is 316 g/mol. The van der Waals surface area contributed by atoms with E-state index < -0.39 is 5.97 Å². The summed E-state index contributed by atoms with van der Waals surface area (Å²) in [5, 5.41) is 10.6. The van der Waals surface area contributed by atoms with Crippen LogP contribution in [0.4, 0.5) is 0 Å². The lowest BCUT2D eigenvalue weighted by Gasteiger charge is -2.04. The molecule has 1 heterocycles. The van der Waals surface area contributed by atoms with Crippen molar-refractivity contribution < 1.29 is 14.6 Å². The highest BCUT2D eigenvalue weighted by atomic mass is 35.5. The van der Waals surface area contributed by atoms with Crippen LogP contribution in [0.15, 0.2) is 42.5 Å². The molecule has 2 aromatic carbocycles. The second-order valence-corrected chi connectivity index (χ2v) is 5.35. The molecule has 112 valence electrons. The van der Waals surface area contributed by atoms with Gasteiger partial charge in [-0.15, -0.1) is 0 Å². The summed E-state index contributed by atoms with van der Waals surface area (Å²) in [6, 6.07) is 12.9. The van der Waals surface area contributed by atoms with Crippen molar-refractivity contribution in [3.8, 4) is 17.0 Å². The zero-order valence-electron chi connectivity index (χ0n) is 11.9. The minimum absolute atomic E-state index is 0.0678. The predicted molar refractivity (Wildman–Crippen MR) is 86.6 cm³/mol. The van der Waals surface area contributed by atoms with Crippen molar-refractivity contribution in [3.63, 3.8) is 0 Å². The van der Waals surface area contributed by atoms with E-state index in [2.05, 4.69) is 4.98 Å². The third-order valence-electron chi connectivity index (χ3n) is 3.60. The van der Waals surface area contributed by atoms with Crippen LogP contribution in [0.25, 0.3) is 22.2 Å². The molecule has 22 heavy (non-hydrogen) atoms. The molecule has 0 atom stereocenters. The maximum Gasteiger partial charge on any atom is 0.307 e. The smallest absolute Gasteiger partial charge is 0.307 e. The van der Waals surface area contributed by atoms with Gasteiger partial charge in [0.25, 0.3) is 0 Å². The van der Waals surface area contributed by atoms with Crippen LogP contribution in [0.5, 0.6) is 5.75 Å². The topological polar surface area (TPSA) is 62.3 Å². The summed E-state index contributed by atoms with van der Waals surface area (Å²) in [7, 11) is 1.60. The summed E-state index contributed by atoms with van der Waals surface area (Å²) in [6.07, 6.45) is -0.0678. The Labute approximate surface area is 132 Å². The van der Waals surface area contributed by atoms with E-state index in [0.29, 0.717) is 5.02 Å². The van der Waals surface area contributed by atoms with Crippen molar-refractivity contribution in [3.05, 3.63) is 53.1 Å². The van der Waals surface area contributed by atoms with Gasteiger partial charge in [-0.25, -0.2) is 0 Å². The van der Waals surface area contributed by atoms with Gasteiger partial charge in [0, 0.05) is 5.39 Å². The standard InChI is InChI=1S/C17H14ClNO3/c1-22-11-7-5-10(6-8-11)16-13(9-15(20)21)12-3-2-4-14(18)17(12)19-16/h2-8,19H,9H2,1H3,(H,20,21). The van der Waals surface area contributed by atoms with Crippen LogP contribution in [0.2, 0.25) is 5.02 Å². The van der Waals surface area contributed by atoms with Gasteiger partial charge in [0.15, 0.2) is 0 Å². The lowest BCUT2D eigenvalue weighted by atomic mass is 10.0. The van der Waals surface area contributed by atoms with E-state index in [9.17, 15) is 9.90 Å². The number of halogens is 1. The zero-order chi connectivity index (χ0) is 15.7. The molecule has 4 nitrogen and oxygen atoms in total. The van der Waals surface area contributed by atoms with Crippen LogP contribution in [-0.4, -0.2) is 23.2 Å². The Morgan fingerprint density at radius 3 is 2.59 bits per heavy atom. The fraction of sp³-hybridized carbons (Fsp3) is 0.118. The molecule has 3 aromatic rings. The monoisotopic (exact) mass is 315 g/mol.